The van der Waals surface area contributed by atoms with Crippen LogP contribution in [0.3, 0.4) is 0 Å². The van der Waals surface area contributed by atoms with Crippen LogP contribution in [0.5, 0.6) is 5.75 Å². The van der Waals surface area contributed by atoms with E-state index in [0.29, 0.717) is 35.4 Å². The van der Waals surface area contributed by atoms with E-state index in [9.17, 15) is 18.3 Å². The Morgan fingerprint density at radius 2 is 1.90 bits per heavy atom. The first-order valence-electron chi connectivity index (χ1n) is 10.3. The zero-order valence-corrected chi connectivity index (χ0v) is 17.2. The van der Waals surface area contributed by atoms with Crippen molar-refractivity contribution in [1.29, 1.82) is 0 Å². The SMILES string of the molecule is Cc1nc2c3c(ccn2c1C)C(OCC(F)(F)F)(C1CC1)C(O)[C@@H](c1ccccc1)O3. The van der Waals surface area contributed by atoms with Crippen molar-refractivity contribution in [1.82, 2.24) is 9.38 Å². The van der Waals surface area contributed by atoms with Gasteiger partial charge in [-0.05, 0) is 44.2 Å². The van der Waals surface area contributed by atoms with Gasteiger partial charge in [-0.15, -0.1) is 0 Å². The second-order valence-corrected chi connectivity index (χ2v) is 8.40. The molecule has 0 spiro atoms. The molecule has 2 unspecified atom stereocenters. The highest BCUT2D eigenvalue weighted by molar-refractivity contribution is 5.63. The first kappa shape index (κ1) is 20.3. The molecule has 0 bridgehead atoms. The molecular weight excluding hydrogens is 409 g/mol. The number of ether oxygens (including phenoxy) is 2. The molecule has 3 atom stereocenters. The fraction of sp³-hybridized carbons (Fsp3) is 0.435. The summed E-state index contributed by atoms with van der Waals surface area (Å²) in [6.45, 7) is 2.34. The highest BCUT2D eigenvalue weighted by Crippen LogP contribution is 2.58. The van der Waals surface area contributed by atoms with E-state index in [0.717, 1.165) is 11.4 Å². The zero-order valence-electron chi connectivity index (χ0n) is 17.2. The molecule has 3 heterocycles. The van der Waals surface area contributed by atoms with Crippen molar-refractivity contribution in [2.45, 2.75) is 50.7 Å². The van der Waals surface area contributed by atoms with Gasteiger partial charge in [-0.25, -0.2) is 4.98 Å². The largest absolute Gasteiger partial charge is 0.479 e. The number of alkyl halides is 3. The standard InChI is InChI=1S/C23H23F3N2O3/c1-13-14(2)28-11-10-17-19(21(28)27-13)31-18(15-6-4-3-5-7-15)20(29)23(17,16-8-9-16)30-12-22(24,25)26/h3-7,10-11,16,18,20,29H,8-9,12H2,1-2H3/t18-,20?,23?/m1/s1. The minimum absolute atomic E-state index is 0.238. The third-order valence-electron chi connectivity index (χ3n) is 6.40. The number of aromatic nitrogens is 2. The van der Waals surface area contributed by atoms with Gasteiger partial charge in [0.1, 0.15) is 18.3 Å². The molecule has 1 saturated carbocycles. The maximum atomic E-state index is 13.2. The summed E-state index contributed by atoms with van der Waals surface area (Å²) >= 11 is 0. The molecule has 2 aliphatic rings. The van der Waals surface area contributed by atoms with Gasteiger partial charge in [0.05, 0.1) is 5.69 Å². The number of rotatable bonds is 4. The number of benzene rings is 1. The van der Waals surface area contributed by atoms with E-state index in [1.807, 2.05) is 24.3 Å². The Kier molecular flexibility index (Phi) is 4.57. The summed E-state index contributed by atoms with van der Waals surface area (Å²) in [5, 5.41) is 11.5. The van der Waals surface area contributed by atoms with Gasteiger partial charge in [-0.2, -0.15) is 13.2 Å². The monoisotopic (exact) mass is 432 g/mol. The Balaban J connectivity index is 1.74. The van der Waals surface area contributed by atoms with Crippen LogP contribution in [-0.2, 0) is 10.3 Å². The fourth-order valence-electron chi connectivity index (χ4n) is 4.66. The van der Waals surface area contributed by atoms with Gasteiger partial charge < -0.3 is 19.0 Å². The Hall–Kier alpha value is -2.58. The molecule has 0 radical (unpaired) electrons. The van der Waals surface area contributed by atoms with Crippen LogP contribution in [-0.4, -0.2) is 33.4 Å². The first-order valence-corrected chi connectivity index (χ1v) is 10.3. The van der Waals surface area contributed by atoms with E-state index >= 15 is 0 Å². The summed E-state index contributed by atoms with van der Waals surface area (Å²) in [6, 6.07) is 10.7. The number of aliphatic hydroxyl groups is 1. The lowest BCUT2D eigenvalue weighted by Crippen LogP contribution is -2.53. The fourth-order valence-corrected chi connectivity index (χ4v) is 4.66. The molecule has 8 heteroatoms. The van der Waals surface area contributed by atoms with Crippen molar-refractivity contribution in [3.63, 3.8) is 0 Å². The topological polar surface area (TPSA) is 56.0 Å². The van der Waals surface area contributed by atoms with Gasteiger partial charge in [0.2, 0.25) is 0 Å². The van der Waals surface area contributed by atoms with Crippen LogP contribution in [0.1, 0.15) is 41.5 Å². The van der Waals surface area contributed by atoms with Crippen molar-refractivity contribution in [3.05, 3.63) is 65.1 Å². The summed E-state index contributed by atoms with van der Waals surface area (Å²) in [6.07, 6.45) is -3.60. The van der Waals surface area contributed by atoms with E-state index < -0.39 is 30.6 Å². The van der Waals surface area contributed by atoms with Crippen molar-refractivity contribution in [3.8, 4) is 5.75 Å². The van der Waals surface area contributed by atoms with Crippen molar-refractivity contribution in [2.24, 2.45) is 5.92 Å². The Morgan fingerprint density at radius 3 is 2.55 bits per heavy atom. The molecule has 31 heavy (non-hydrogen) atoms. The third-order valence-corrected chi connectivity index (χ3v) is 6.40. The van der Waals surface area contributed by atoms with Crippen LogP contribution in [0.2, 0.25) is 0 Å². The average molecular weight is 432 g/mol. The molecule has 5 rings (SSSR count). The molecule has 1 aliphatic carbocycles. The predicted molar refractivity (Wildman–Crippen MR) is 107 cm³/mol. The minimum Gasteiger partial charge on any atom is -0.479 e. The van der Waals surface area contributed by atoms with Crippen LogP contribution in [0.15, 0.2) is 42.6 Å². The maximum absolute atomic E-state index is 13.2. The van der Waals surface area contributed by atoms with E-state index in [1.54, 1.807) is 36.5 Å². The summed E-state index contributed by atoms with van der Waals surface area (Å²) in [7, 11) is 0. The molecule has 1 fully saturated rings. The molecule has 1 N–H and O–H groups in total. The maximum Gasteiger partial charge on any atom is 0.411 e. The number of imidazole rings is 1. The van der Waals surface area contributed by atoms with Crippen LogP contribution >= 0.6 is 0 Å². The lowest BCUT2D eigenvalue weighted by atomic mass is 9.77. The quantitative estimate of drug-likeness (QED) is 0.653. The van der Waals surface area contributed by atoms with E-state index in [-0.39, 0.29) is 5.92 Å². The predicted octanol–water partition coefficient (Wildman–Crippen LogP) is 4.63. The van der Waals surface area contributed by atoms with Gasteiger partial charge in [0, 0.05) is 17.5 Å². The molecule has 164 valence electrons. The van der Waals surface area contributed by atoms with E-state index in [2.05, 4.69) is 4.98 Å². The molecule has 5 nitrogen and oxygen atoms in total. The average Bonchev–Trinajstić information content (AvgIpc) is 3.54. The molecule has 0 amide bonds. The van der Waals surface area contributed by atoms with E-state index in [1.165, 1.54) is 0 Å². The molecular formula is C23H23F3N2O3. The van der Waals surface area contributed by atoms with Gasteiger partial charge in [0.15, 0.2) is 17.5 Å². The van der Waals surface area contributed by atoms with Crippen LogP contribution in [0, 0.1) is 19.8 Å². The number of nitrogens with zero attached hydrogens (tertiary/aromatic N) is 2. The molecule has 3 aromatic rings. The molecule has 1 aliphatic heterocycles. The van der Waals surface area contributed by atoms with Crippen molar-refractivity contribution >= 4 is 5.65 Å². The zero-order chi connectivity index (χ0) is 22.0. The number of halogens is 3. The summed E-state index contributed by atoms with van der Waals surface area (Å²) < 4.78 is 53.5. The lowest BCUT2D eigenvalue weighted by Gasteiger charge is -2.46. The Bertz CT molecular complexity index is 1120. The smallest absolute Gasteiger partial charge is 0.411 e. The second kappa shape index (κ2) is 6.97. The molecule has 0 saturated heterocycles. The minimum atomic E-state index is -4.52. The molecule has 1 aromatic carbocycles. The normalized spacial score (nSPS) is 26.0. The Labute approximate surface area is 177 Å². The number of fused-ring (bicyclic) bond motifs is 3. The number of hydrogen-bond acceptors (Lipinski definition) is 4. The number of pyridine rings is 1. The van der Waals surface area contributed by atoms with Crippen LogP contribution in [0.25, 0.3) is 5.65 Å². The van der Waals surface area contributed by atoms with Crippen LogP contribution < -0.4 is 4.74 Å². The van der Waals surface area contributed by atoms with Gasteiger partial charge in [0.25, 0.3) is 0 Å². The van der Waals surface area contributed by atoms with Crippen molar-refractivity contribution in [2.75, 3.05) is 6.61 Å². The summed E-state index contributed by atoms with van der Waals surface area (Å²) in [4.78, 5) is 4.61. The molecule has 2 aromatic heterocycles. The highest BCUT2D eigenvalue weighted by atomic mass is 19.4. The number of aryl methyl sites for hydroxylation is 2. The highest BCUT2D eigenvalue weighted by Gasteiger charge is 2.60. The third kappa shape index (κ3) is 3.20. The van der Waals surface area contributed by atoms with Gasteiger partial charge in [-0.1, -0.05) is 30.3 Å². The Morgan fingerprint density at radius 1 is 1.19 bits per heavy atom. The summed E-state index contributed by atoms with van der Waals surface area (Å²) in [5.74, 6) is 0.130. The van der Waals surface area contributed by atoms with Gasteiger partial charge >= 0.3 is 6.18 Å². The number of aliphatic hydroxyl groups excluding tert-OH is 1. The van der Waals surface area contributed by atoms with E-state index in [4.69, 9.17) is 9.47 Å². The second-order valence-electron chi connectivity index (χ2n) is 8.40. The number of hydrogen-bond donors (Lipinski definition) is 1. The van der Waals surface area contributed by atoms with Gasteiger partial charge in [-0.3, -0.25) is 0 Å². The van der Waals surface area contributed by atoms with Crippen molar-refractivity contribution < 1.29 is 27.8 Å². The van der Waals surface area contributed by atoms with Crippen LogP contribution in [0.4, 0.5) is 13.2 Å². The summed E-state index contributed by atoms with van der Waals surface area (Å²) in [5.41, 5.74) is 1.80. The first-order chi connectivity index (χ1) is 14.7. The lowest BCUT2D eigenvalue weighted by molar-refractivity contribution is -0.249.